The smallest absolute Gasteiger partial charge is 0.233 e. The van der Waals surface area contributed by atoms with Crippen LogP contribution in [0.2, 0.25) is 0 Å². The van der Waals surface area contributed by atoms with Crippen molar-refractivity contribution >= 4 is 28.8 Å². The van der Waals surface area contributed by atoms with Gasteiger partial charge in [-0.05, 0) is 6.42 Å². The van der Waals surface area contributed by atoms with Crippen molar-refractivity contribution in [2.75, 3.05) is 17.7 Å². The third kappa shape index (κ3) is 3.11. The lowest BCUT2D eigenvalue weighted by Gasteiger charge is -2.16. The molecule has 2 aromatic heterocycles. The van der Waals surface area contributed by atoms with E-state index in [1.807, 2.05) is 13.8 Å². The summed E-state index contributed by atoms with van der Waals surface area (Å²) >= 11 is 0. The molecule has 0 spiro atoms. The summed E-state index contributed by atoms with van der Waals surface area (Å²) in [6.45, 7) is 7.39. The van der Waals surface area contributed by atoms with Gasteiger partial charge in [0, 0.05) is 18.9 Å². The van der Waals surface area contributed by atoms with E-state index in [1.165, 1.54) is 6.33 Å². The van der Waals surface area contributed by atoms with E-state index in [4.69, 9.17) is 4.74 Å². The van der Waals surface area contributed by atoms with E-state index in [2.05, 4.69) is 25.6 Å². The Morgan fingerprint density at radius 2 is 2.15 bits per heavy atom. The van der Waals surface area contributed by atoms with Crippen molar-refractivity contribution in [1.82, 2.24) is 19.5 Å². The van der Waals surface area contributed by atoms with Gasteiger partial charge in [-0.25, -0.2) is 9.37 Å². The summed E-state index contributed by atoms with van der Waals surface area (Å²) in [5.41, 5.74) is 0.915. The van der Waals surface area contributed by atoms with Crippen LogP contribution in [0.4, 0.5) is 16.2 Å². The quantitative estimate of drug-likeness (QED) is 0.847. The van der Waals surface area contributed by atoms with Crippen molar-refractivity contribution in [3.05, 3.63) is 6.33 Å². The molecule has 1 aliphatic heterocycles. The predicted molar refractivity (Wildman–Crippen MR) is 96.6 cm³/mol. The molecule has 142 valence electrons. The monoisotopic (exact) mass is 364 g/mol. The summed E-state index contributed by atoms with van der Waals surface area (Å²) in [6, 6.07) is 0. The van der Waals surface area contributed by atoms with Crippen LogP contribution in [0.1, 0.15) is 40.3 Å². The topological polar surface area (TPSA) is 94.0 Å². The number of nitrogens with zero attached hydrogens (tertiary/aromatic N) is 4. The van der Waals surface area contributed by atoms with Gasteiger partial charge < -0.3 is 10.1 Å². The standard InChI is InChI=1S/C17H25FN6O2/c1-6-10-9(4)11(18)16(26-10)24-7-20-12-13(19-5)21-17(22-14(12)24)23-15(25)8(2)3/h7-11,16H,6H2,1-5H3,(H2,19,21,22,23,25)/t9-,10-,11-,16-/m1/s1. The van der Waals surface area contributed by atoms with E-state index in [0.717, 1.165) is 6.42 Å². The molecule has 1 saturated heterocycles. The number of halogens is 1. The zero-order valence-corrected chi connectivity index (χ0v) is 15.7. The molecule has 0 aromatic carbocycles. The number of imidazole rings is 1. The number of amides is 1. The lowest BCUT2D eigenvalue weighted by Crippen LogP contribution is -2.21. The Balaban J connectivity index is 2.03. The minimum atomic E-state index is -1.17. The number of nitrogens with one attached hydrogen (secondary N) is 2. The van der Waals surface area contributed by atoms with Gasteiger partial charge in [-0.3, -0.25) is 14.7 Å². The third-order valence-electron chi connectivity index (χ3n) is 4.77. The largest absolute Gasteiger partial charge is 0.371 e. The van der Waals surface area contributed by atoms with Gasteiger partial charge in [0.25, 0.3) is 0 Å². The Morgan fingerprint density at radius 3 is 2.73 bits per heavy atom. The molecule has 1 aliphatic rings. The molecule has 26 heavy (non-hydrogen) atoms. The number of hydrogen-bond acceptors (Lipinski definition) is 6. The molecule has 2 N–H and O–H groups in total. The van der Waals surface area contributed by atoms with Crippen molar-refractivity contribution < 1.29 is 13.9 Å². The normalized spacial score (nSPS) is 25.8. The molecule has 0 unspecified atom stereocenters. The summed E-state index contributed by atoms with van der Waals surface area (Å²) in [5, 5.41) is 5.62. The van der Waals surface area contributed by atoms with Crippen LogP contribution in [0.5, 0.6) is 0 Å². The summed E-state index contributed by atoms with van der Waals surface area (Å²) in [6.07, 6.45) is 0.123. The molecule has 0 saturated carbocycles. The maximum absolute atomic E-state index is 14.8. The number of aromatic nitrogens is 4. The number of ether oxygens (including phenoxy) is 1. The summed E-state index contributed by atoms with van der Waals surface area (Å²) in [5.74, 6) is -0.0142. The van der Waals surface area contributed by atoms with Crippen LogP contribution in [0, 0.1) is 11.8 Å². The zero-order valence-electron chi connectivity index (χ0n) is 15.7. The fourth-order valence-corrected chi connectivity index (χ4v) is 3.12. The van der Waals surface area contributed by atoms with Crippen LogP contribution in [-0.2, 0) is 9.53 Å². The highest BCUT2D eigenvalue weighted by Crippen LogP contribution is 2.39. The fraction of sp³-hybridized carbons (Fsp3) is 0.647. The van der Waals surface area contributed by atoms with Gasteiger partial charge in [-0.2, -0.15) is 9.97 Å². The second-order valence-corrected chi connectivity index (χ2v) is 6.89. The molecule has 0 bridgehead atoms. The average Bonchev–Trinajstić information content (AvgIpc) is 3.15. The molecule has 1 amide bonds. The zero-order chi connectivity index (χ0) is 19.0. The number of anilines is 2. The molecule has 0 aliphatic carbocycles. The van der Waals surface area contributed by atoms with Crippen LogP contribution >= 0.6 is 0 Å². The number of hydrogen-bond donors (Lipinski definition) is 2. The Kier molecular flexibility index (Phi) is 5.08. The lowest BCUT2D eigenvalue weighted by atomic mass is 10.00. The number of fused-ring (bicyclic) bond motifs is 1. The average molecular weight is 364 g/mol. The first kappa shape index (κ1) is 18.5. The van der Waals surface area contributed by atoms with E-state index in [9.17, 15) is 9.18 Å². The number of carbonyl (C=O) groups is 1. The second kappa shape index (κ2) is 7.14. The maximum atomic E-state index is 14.8. The Bertz CT molecular complexity index is 808. The minimum absolute atomic E-state index is 0.149. The first-order valence-electron chi connectivity index (χ1n) is 8.90. The molecule has 9 heteroatoms. The molecule has 3 heterocycles. The highest BCUT2D eigenvalue weighted by molar-refractivity contribution is 5.92. The van der Waals surface area contributed by atoms with Crippen molar-refractivity contribution in [2.45, 2.75) is 52.6 Å². The molecule has 3 rings (SSSR count). The third-order valence-corrected chi connectivity index (χ3v) is 4.77. The minimum Gasteiger partial charge on any atom is -0.371 e. The molecule has 0 radical (unpaired) electrons. The number of alkyl halides is 1. The maximum Gasteiger partial charge on any atom is 0.233 e. The van der Waals surface area contributed by atoms with E-state index in [-0.39, 0.29) is 29.8 Å². The highest BCUT2D eigenvalue weighted by atomic mass is 19.1. The van der Waals surface area contributed by atoms with Gasteiger partial charge in [-0.1, -0.05) is 27.7 Å². The summed E-state index contributed by atoms with van der Waals surface area (Å²) < 4.78 is 22.3. The van der Waals surface area contributed by atoms with Crippen LogP contribution < -0.4 is 10.6 Å². The van der Waals surface area contributed by atoms with Crippen molar-refractivity contribution in [1.29, 1.82) is 0 Å². The highest BCUT2D eigenvalue weighted by Gasteiger charge is 2.43. The molecule has 4 atom stereocenters. The van der Waals surface area contributed by atoms with E-state index < -0.39 is 12.4 Å². The van der Waals surface area contributed by atoms with Crippen molar-refractivity contribution in [2.24, 2.45) is 11.8 Å². The Labute approximate surface area is 151 Å². The lowest BCUT2D eigenvalue weighted by molar-refractivity contribution is -0.118. The van der Waals surface area contributed by atoms with Gasteiger partial charge >= 0.3 is 0 Å². The SMILES string of the molecule is CC[C@H]1O[C@@H](n2cnc3c(NC)nc(NC(=O)C(C)C)nc32)[C@H](F)[C@@H]1C. The van der Waals surface area contributed by atoms with E-state index >= 15 is 0 Å². The molecule has 2 aromatic rings. The van der Waals surface area contributed by atoms with Gasteiger partial charge in [0.15, 0.2) is 29.4 Å². The Hall–Kier alpha value is -2.29. The second-order valence-electron chi connectivity index (χ2n) is 6.89. The van der Waals surface area contributed by atoms with Crippen LogP contribution in [0.3, 0.4) is 0 Å². The van der Waals surface area contributed by atoms with Gasteiger partial charge in [-0.15, -0.1) is 0 Å². The molecular weight excluding hydrogens is 339 g/mol. The number of carbonyl (C=O) groups excluding carboxylic acids is 1. The molecular formula is C17H25FN6O2. The van der Waals surface area contributed by atoms with Gasteiger partial charge in [0.05, 0.1) is 12.4 Å². The van der Waals surface area contributed by atoms with Crippen molar-refractivity contribution in [3.63, 3.8) is 0 Å². The summed E-state index contributed by atoms with van der Waals surface area (Å²) in [4.78, 5) is 25.0. The Morgan fingerprint density at radius 1 is 1.42 bits per heavy atom. The predicted octanol–water partition coefficient (Wildman–Crippen LogP) is 2.74. The molecule has 1 fully saturated rings. The summed E-state index contributed by atoms with van der Waals surface area (Å²) in [7, 11) is 1.70. The first-order valence-corrected chi connectivity index (χ1v) is 8.90. The van der Waals surface area contributed by atoms with Crippen LogP contribution in [0.25, 0.3) is 11.2 Å². The van der Waals surface area contributed by atoms with Crippen molar-refractivity contribution in [3.8, 4) is 0 Å². The molecule has 8 nitrogen and oxygen atoms in total. The van der Waals surface area contributed by atoms with E-state index in [1.54, 1.807) is 25.5 Å². The van der Waals surface area contributed by atoms with Gasteiger partial charge in [0.2, 0.25) is 11.9 Å². The van der Waals surface area contributed by atoms with E-state index in [0.29, 0.717) is 17.0 Å². The van der Waals surface area contributed by atoms with Crippen LogP contribution in [-0.4, -0.2) is 44.7 Å². The first-order chi connectivity index (χ1) is 12.4. The van der Waals surface area contributed by atoms with Gasteiger partial charge in [0.1, 0.15) is 0 Å². The number of rotatable bonds is 5. The van der Waals surface area contributed by atoms with Crippen LogP contribution in [0.15, 0.2) is 6.33 Å². The fourth-order valence-electron chi connectivity index (χ4n) is 3.12.